The number of carbonyl (C=O) groups excluding carboxylic acids is 1. The third kappa shape index (κ3) is 4.18. The largest absolute Gasteiger partial charge is 0.490 e. The number of rotatable bonds is 6. The lowest BCUT2D eigenvalue weighted by molar-refractivity contribution is -0.113. The summed E-state index contributed by atoms with van der Waals surface area (Å²) in [6, 6.07) is 7.03. The van der Waals surface area contributed by atoms with Gasteiger partial charge in [0.25, 0.3) is 0 Å². The molecule has 18 heavy (non-hydrogen) atoms. The first-order valence-corrected chi connectivity index (χ1v) is 5.41. The van der Waals surface area contributed by atoms with Gasteiger partial charge in [-0.2, -0.15) is 5.26 Å². The third-order valence-corrected chi connectivity index (χ3v) is 2.00. The summed E-state index contributed by atoms with van der Waals surface area (Å²) in [5.41, 5.74) is 5.78. The van der Waals surface area contributed by atoms with Gasteiger partial charge in [0.1, 0.15) is 6.07 Å². The number of benzene rings is 1. The molecule has 0 aliphatic heterocycles. The van der Waals surface area contributed by atoms with Gasteiger partial charge in [-0.05, 0) is 30.7 Å². The number of carbonyl (C=O) groups is 1. The van der Waals surface area contributed by atoms with E-state index in [1.807, 2.05) is 13.0 Å². The molecule has 0 spiro atoms. The van der Waals surface area contributed by atoms with E-state index in [9.17, 15) is 4.79 Å². The second kappa shape index (κ2) is 6.97. The van der Waals surface area contributed by atoms with E-state index < -0.39 is 5.91 Å². The van der Waals surface area contributed by atoms with Crippen LogP contribution in [0.15, 0.2) is 24.3 Å². The lowest BCUT2D eigenvalue weighted by Gasteiger charge is -2.10. The minimum Gasteiger partial charge on any atom is -0.490 e. The average Bonchev–Trinajstić information content (AvgIpc) is 2.35. The standard InChI is InChI=1S/C13H14N2O3/c1-2-17-12-9-10(4-6-13(15)16)3-5-11(12)18-8-7-14/h3-6,9H,2,8H2,1H3,(H2,15,16)/b6-4-. The van der Waals surface area contributed by atoms with Crippen molar-refractivity contribution < 1.29 is 14.3 Å². The highest BCUT2D eigenvalue weighted by Crippen LogP contribution is 2.28. The van der Waals surface area contributed by atoms with Crippen LogP contribution in [-0.2, 0) is 4.79 Å². The zero-order valence-electron chi connectivity index (χ0n) is 10.1. The van der Waals surface area contributed by atoms with Crippen molar-refractivity contribution in [3.63, 3.8) is 0 Å². The van der Waals surface area contributed by atoms with Gasteiger partial charge < -0.3 is 15.2 Å². The maximum atomic E-state index is 10.6. The number of nitriles is 1. The Morgan fingerprint density at radius 2 is 2.22 bits per heavy atom. The van der Waals surface area contributed by atoms with E-state index in [1.165, 1.54) is 6.08 Å². The van der Waals surface area contributed by atoms with Crippen molar-refractivity contribution in [2.24, 2.45) is 5.73 Å². The molecular weight excluding hydrogens is 232 g/mol. The fraction of sp³-hybridized carbons (Fsp3) is 0.231. The number of primary amides is 1. The maximum Gasteiger partial charge on any atom is 0.241 e. The lowest BCUT2D eigenvalue weighted by Crippen LogP contribution is -2.05. The molecule has 0 heterocycles. The molecule has 5 nitrogen and oxygen atoms in total. The summed E-state index contributed by atoms with van der Waals surface area (Å²) in [6.07, 6.45) is 2.85. The predicted octanol–water partition coefficient (Wildman–Crippen LogP) is 1.49. The van der Waals surface area contributed by atoms with E-state index in [2.05, 4.69) is 0 Å². The molecule has 5 heteroatoms. The van der Waals surface area contributed by atoms with Crippen molar-refractivity contribution in [1.82, 2.24) is 0 Å². The van der Waals surface area contributed by atoms with Crippen LogP contribution >= 0.6 is 0 Å². The van der Waals surface area contributed by atoms with Crippen molar-refractivity contribution in [2.45, 2.75) is 6.92 Å². The monoisotopic (exact) mass is 246 g/mol. The second-order valence-electron chi connectivity index (χ2n) is 3.32. The molecule has 0 unspecified atom stereocenters. The van der Waals surface area contributed by atoms with Crippen molar-refractivity contribution >= 4 is 12.0 Å². The molecule has 0 aromatic heterocycles. The van der Waals surface area contributed by atoms with Crippen molar-refractivity contribution in [2.75, 3.05) is 13.2 Å². The highest BCUT2D eigenvalue weighted by Gasteiger charge is 2.05. The number of ether oxygens (including phenoxy) is 2. The zero-order valence-corrected chi connectivity index (χ0v) is 10.1. The Morgan fingerprint density at radius 1 is 1.44 bits per heavy atom. The Morgan fingerprint density at radius 3 is 2.83 bits per heavy atom. The Balaban J connectivity index is 2.95. The highest BCUT2D eigenvalue weighted by atomic mass is 16.5. The Hall–Kier alpha value is -2.48. The molecule has 1 aromatic carbocycles. The summed E-state index contributed by atoms with van der Waals surface area (Å²) < 4.78 is 10.6. The average molecular weight is 246 g/mol. The first kappa shape index (κ1) is 13.6. The molecule has 0 saturated carbocycles. The first-order chi connectivity index (χ1) is 8.67. The summed E-state index contributed by atoms with van der Waals surface area (Å²) in [6.45, 7) is 2.28. The van der Waals surface area contributed by atoms with Gasteiger partial charge in [0.15, 0.2) is 18.1 Å². The first-order valence-electron chi connectivity index (χ1n) is 5.41. The van der Waals surface area contributed by atoms with Gasteiger partial charge in [-0.25, -0.2) is 0 Å². The molecule has 1 amide bonds. The van der Waals surface area contributed by atoms with Crippen LogP contribution in [0.2, 0.25) is 0 Å². The molecule has 1 aromatic rings. The minimum atomic E-state index is -0.516. The fourth-order valence-corrected chi connectivity index (χ4v) is 1.30. The van der Waals surface area contributed by atoms with E-state index in [0.717, 1.165) is 5.56 Å². The molecule has 0 saturated heterocycles. The second-order valence-corrected chi connectivity index (χ2v) is 3.32. The Kier molecular flexibility index (Phi) is 5.26. The Labute approximate surface area is 105 Å². The van der Waals surface area contributed by atoms with Gasteiger partial charge in [-0.1, -0.05) is 6.07 Å². The molecule has 0 bridgehead atoms. The van der Waals surface area contributed by atoms with Gasteiger partial charge in [0.05, 0.1) is 6.61 Å². The van der Waals surface area contributed by atoms with Gasteiger partial charge in [0, 0.05) is 6.08 Å². The highest BCUT2D eigenvalue weighted by molar-refractivity contribution is 5.90. The van der Waals surface area contributed by atoms with Crippen molar-refractivity contribution in [1.29, 1.82) is 5.26 Å². The van der Waals surface area contributed by atoms with Gasteiger partial charge in [-0.15, -0.1) is 0 Å². The quantitative estimate of drug-likeness (QED) is 0.770. The summed E-state index contributed by atoms with van der Waals surface area (Å²) in [5.74, 6) is 0.506. The molecule has 0 aliphatic carbocycles. The molecule has 94 valence electrons. The van der Waals surface area contributed by atoms with Crippen LogP contribution in [0.4, 0.5) is 0 Å². The molecule has 2 N–H and O–H groups in total. The zero-order chi connectivity index (χ0) is 13.4. The summed E-state index contributed by atoms with van der Waals surface area (Å²) in [5, 5.41) is 8.47. The van der Waals surface area contributed by atoms with Crippen molar-refractivity contribution in [3.05, 3.63) is 29.8 Å². The van der Waals surface area contributed by atoms with E-state index in [1.54, 1.807) is 24.3 Å². The van der Waals surface area contributed by atoms with Crippen LogP contribution in [0.25, 0.3) is 6.08 Å². The molecule has 0 radical (unpaired) electrons. The molecule has 1 rings (SSSR count). The minimum absolute atomic E-state index is 0.0451. The maximum absolute atomic E-state index is 10.6. The van der Waals surface area contributed by atoms with Crippen molar-refractivity contribution in [3.8, 4) is 17.6 Å². The van der Waals surface area contributed by atoms with Gasteiger partial charge in [-0.3, -0.25) is 4.79 Å². The molecule has 0 aliphatic rings. The number of hydrogen-bond acceptors (Lipinski definition) is 4. The summed E-state index contributed by atoms with van der Waals surface area (Å²) >= 11 is 0. The number of nitrogens with two attached hydrogens (primary N) is 1. The van der Waals surface area contributed by atoms with Crippen LogP contribution in [0.3, 0.4) is 0 Å². The fourth-order valence-electron chi connectivity index (χ4n) is 1.30. The number of hydrogen-bond donors (Lipinski definition) is 1. The summed E-state index contributed by atoms with van der Waals surface area (Å²) in [7, 11) is 0. The third-order valence-electron chi connectivity index (χ3n) is 2.00. The molecule has 0 atom stereocenters. The van der Waals surface area contributed by atoms with Crippen LogP contribution in [-0.4, -0.2) is 19.1 Å². The van der Waals surface area contributed by atoms with Gasteiger partial charge >= 0.3 is 0 Å². The van der Waals surface area contributed by atoms with Crippen LogP contribution in [0.1, 0.15) is 12.5 Å². The Bertz CT molecular complexity index is 489. The van der Waals surface area contributed by atoms with Gasteiger partial charge in [0.2, 0.25) is 5.91 Å². The van der Waals surface area contributed by atoms with E-state index in [4.69, 9.17) is 20.5 Å². The summed E-state index contributed by atoms with van der Waals surface area (Å²) in [4.78, 5) is 10.6. The lowest BCUT2D eigenvalue weighted by atomic mass is 10.2. The predicted molar refractivity (Wildman–Crippen MR) is 66.9 cm³/mol. The topological polar surface area (TPSA) is 85.3 Å². The van der Waals surface area contributed by atoms with Crippen LogP contribution in [0, 0.1) is 11.3 Å². The number of amides is 1. The SMILES string of the molecule is CCOc1cc(/C=C\C(N)=O)ccc1OCC#N. The van der Waals surface area contributed by atoms with E-state index in [0.29, 0.717) is 18.1 Å². The van der Waals surface area contributed by atoms with Crippen LogP contribution < -0.4 is 15.2 Å². The van der Waals surface area contributed by atoms with Crippen LogP contribution in [0.5, 0.6) is 11.5 Å². The number of nitrogens with zero attached hydrogens (tertiary/aromatic N) is 1. The van der Waals surface area contributed by atoms with E-state index >= 15 is 0 Å². The normalized spacial score (nSPS) is 10.0. The molecular formula is C13H14N2O3. The van der Waals surface area contributed by atoms with E-state index in [-0.39, 0.29) is 6.61 Å². The molecule has 0 fully saturated rings. The smallest absolute Gasteiger partial charge is 0.241 e.